The molecule has 4 aromatic rings. The van der Waals surface area contributed by atoms with Crippen molar-refractivity contribution >= 4 is 28.4 Å². The van der Waals surface area contributed by atoms with Crippen LogP contribution < -0.4 is 10.3 Å². The Morgan fingerprint density at radius 3 is 2.27 bits per heavy atom. The van der Waals surface area contributed by atoms with Crippen LogP contribution >= 0.6 is 11.6 Å². The molecular weight excluding hydrogens is 486 g/mol. The third kappa shape index (κ3) is 5.25. The highest BCUT2D eigenvalue weighted by atomic mass is 35.5. The van der Waals surface area contributed by atoms with E-state index in [-0.39, 0.29) is 16.9 Å². The number of amides is 1. The van der Waals surface area contributed by atoms with Crippen molar-refractivity contribution in [1.29, 1.82) is 0 Å². The summed E-state index contributed by atoms with van der Waals surface area (Å²) in [6, 6.07) is 19.5. The molecule has 0 radical (unpaired) electrons. The Morgan fingerprint density at radius 2 is 1.70 bits per heavy atom. The first-order valence-corrected chi connectivity index (χ1v) is 12.7. The first kappa shape index (κ1) is 26.4. The number of carbonyl (C=O) groups excluding carboxylic acids is 1. The number of benzene rings is 3. The third-order valence-corrected chi connectivity index (χ3v) is 6.86. The number of aromatic nitrogens is 2. The van der Waals surface area contributed by atoms with E-state index in [2.05, 4.69) is 20.8 Å². The molecule has 37 heavy (non-hydrogen) atoms. The predicted octanol–water partition coefficient (Wildman–Crippen LogP) is 6.57. The Kier molecular flexibility index (Phi) is 7.42. The molecule has 0 fully saturated rings. The maximum absolute atomic E-state index is 13.7. The zero-order valence-corrected chi connectivity index (χ0v) is 22.8. The molecule has 0 saturated carbocycles. The molecule has 0 saturated heterocycles. The van der Waals surface area contributed by atoms with Crippen LogP contribution in [0.2, 0.25) is 5.02 Å². The molecule has 1 heterocycles. The van der Waals surface area contributed by atoms with E-state index in [9.17, 15) is 9.59 Å². The Labute approximate surface area is 222 Å². The molecular formula is C30H32ClN3O3. The molecule has 0 aliphatic rings. The molecule has 1 amide bonds. The molecule has 1 atom stereocenters. The zero-order chi connectivity index (χ0) is 26.9. The smallest absolute Gasteiger partial charge is 0.266 e. The van der Waals surface area contributed by atoms with E-state index in [4.69, 9.17) is 21.3 Å². The summed E-state index contributed by atoms with van der Waals surface area (Å²) in [5.74, 6) is 1.000. The number of nitrogens with zero attached hydrogens (tertiary/aromatic N) is 3. The van der Waals surface area contributed by atoms with Crippen LogP contribution in [0.25, 0.3) is 16.6 Å². The number of fused-ring (bicyclic) bond motifs is 1. The average Bonchev–Trinajstić information content (AvgIpc) is 2.88. The first-order chi connectivity index (χ1) is 17.5. The summed E-state index contributed by atoms with van der Waals surface area (Å²) >= 11 is 6.23. The number of hydrogen-bond donors (Lipinski definition) is 0. The van der Waals surface area contributed by atoms with E-state index >= 15 is 0 Å². The molecule has 0 spiro atoms. The maximum atomic E-state index is 13.7. The van der Waals surface area contributed by atoms with Gasteiger partial charge in [-0.3, -0.25) is 14.2 Å². The molecule has 0 bridgehead atoms. The van der Waals surface area contributed by atoms with Crippen LogP contribution in [-0.4, -0.2) is 34.0 Å². The molecule has 0 N–H and O–H groups in total. The van der Waals surface area contributed by atoms with Crippen LogP contribution in [0, 0.1) is 0 Å². The van der Waals surface area contributed by atoms with Crippen molar-refractivity contribution in [3.8, 4) is 11.4 Å². The molecule has 7 heteroatoms. The highest BCUT2D eigenvalue weighted by Crippen LogP contribution is 2.27. The van der Waals surface area contributed by atoms with Gasteiger partial charge in [0, 0.05) is 17.1 Å². The molecule has 6 nitrogen and oxygen atoms in total. The van der Waals surface area contributed by atoms with Gasteiger partial charge in [0.05, 0.1) is 29.7 Å². The van der Waals surface area contributed by atoms with Gasteiger partial charge in [-0.1, -0.05) is 44.5 Å². The van der Waals surface area contributed by atoms with Gasteiger partial charge in [0.25, 0.3) is 11.5 Å². The van der Waals surface area contributed by atoms with Gasteiger partial charge in [0.1, 0.15) is 11.6 Å². The van der Waals surface area contributed by atoms with Gasteiger partial charge in [-0.15, -0.1) is 0 Å². The zero-order valence-electron chi connectivity index (χ0n) is 22.1. The minimum absolute atomic E-state index is 0.00989. The molecule has 1 aromatic heterocycles. The van der Waals surface area contributed by atoms with Crippen molar-refractivity contribution in [1.82, 2.24) is 14.5 Å². The van der Waals surface area contributed by atoms with Crippen molar-refractivity contribution in [3.63, 3.8) is 0 Å². The lowest BCUT2D eigenvalue weighted by molar-refractivity contribution is 0.0693. The molecule has 1 unspecified atom stereocenters. The van der Waals surface area contributed by atoms with Crippen molar-refractivity contribution < 1.29 is 9.53 Å². The van der Waals surface area contributed by atoms with Gasteiger partial charge in [0.2, 0.25) is 0 Å². The van der Waals surface area contributed by atoms with Crippen molar-refractivity contribution in [2.75, 3.05) is 13.7 Å². The van der Waals surface area contributed by atoms with Gasteiger partial charge in [0.15, 0.2) is 0 Å². The summed E-state index contributed by atoms with van der Waals surface area (Å²) in [6.07, 6.45) is 0. The largest absolute Gasteiger partial charge is 0.497 e. The van der Waals surface area contributed by atoms with Crippen LogP contribution in [0.5, 0.6) is 5.75 Å². The summed E-state index contributed by atoms with van der Waals surface area (Å²) in [5, 5.41) is 0.936. The Balaban J connectivity index is 1.84. The molecule has 3 aromatic carbocycles. The first-order valence-electron chi connectivity index (χ1n) is 12.3. The standard InChI is InChI=1S/C30H32ClN3O3/c1-7-33(28(35)20-8-10-21(11-9-20)30(3,4)5)19(2)27-32-26-18-22(31)12-17-25(26)29(36)34(27)23-13-15-24(37-6)16-14-23/h8-19H,7H2,1-6H3. The lowest BCUT2D eigenvalue weighted by atomic mass is 9.86. The summed E-state index contributed by atoms with van der Waals surface area (Å²) in [5.41, 5.74) is 2.62. The van der Waals surface area contributed by atoms with E-state index in [1.165, 1.54) is 0 Å². The van der Waals surface area contributed by atoms with E-state index < -0.39 is 6.04 Å². The fourth-order valence-corrected chi connectivity index (χ4v) is 4.61. The number of carbonyl (C=O) groups is 1. The second kappa shape index (κ2) is 10.4. The quantitative estimate of drug-likeness (QED) is 0.290. The lowest BCUT2D eigenvalue weighted by Crippen LogP contribution is -2.37. The number of methoxy groups -OCH3 is 1. The van der Waals surface area contributed by atoms with Gasteiger partial charge < -0.3 is 9.64 Å². The Morgan fingerprint density at radius 1 is 1.05 bits per heavy atom. The SMILES string of the molecule is CCN(C(=O)c1ccc(C(C)(C)C)cc1)C(C)c1nc2cc(Cl)ccc2c(=O)n1-c1ccc(OC)cc1. The molecule has 4 rings (SSSR count). The third-order valence-electron chi connectivity index (χ3n) is 6.63. The average molecular weight is 518 g/mol. The summed E-state index contributed by atoms with van der Waals surface area (Å²) in [7, 11) is 1.59. The van der Waals surface area contributed by atoms with E-state index in [1.807, 2.05) is 50.2 Å². The highest BCUT2D eigenvalue weighted by molar-refractivity contribution is 6.31. The van der Waals surface area contributed by atoms with Crippen molar-refractivity contribution in [3.05, 3.63) is 99.1 Å². The normalized spacial score (nSPS) is 12.4. The maximum Gasteiger partial charge on any atom is 0.266 e. The van der Waals surface area contributed by atoms with Crippen molar-refractivity contribution in [2.45, 2.75) is 46.1 Å². The molecule has 0 aliphatic heterocycles. The number of hydrogen-bond acceptors (Lipinski definition) is 4. The Hall–Kier alpha value is -3.64. The second-order valence-corrected chi connectivity index (χ2v) is 10.5. The van der Waals surface area contributed by atoms with Crippen LogP contribution in [0.1, 0.15) is 62.4 Å². The van der Waals surface area contributed by atoms with Crippen LogP contribution in [-0.2, 0) is 5.41 Å². The van der Waals surface area contributed by atoms with Gasteiger partial charge in [-0.2, -0.15) is 0 Å². The van der Waals surface area contributed by atoms with Crippen LogP contribution in [0.4, 0.5) is 0 Å². The van der Waals surface area contributed by atoms with Crippen LogP contribution in [0.15, 0.2) is 71.5 Å². The minimum Gasteiger partial charge on any atom is -0.497 e. The van der Waals surface area contributed by atoms with E-state index in [1.54, 1.807) is 46.9 Å². The topological polar surface area (TPSA) is 64.4 Å². The number of rotatable bonds is 6. The summed E-state index contributed by atoms with van der Waals surface area (Å²) < 4.78 is 6.86. The monoisotopic (exact) mass is 517 g/mol. The Bertz CT molecular complexity index is 1490. The van der Waals surface area contributed by atoms with Crippen molar-refractivity contribution in [2.24, 2.45) is 0 Å². The lowest BCUT2D eigenvalue weighted by Gasteiger charge is -2.30. The second-order valence-electron chi connectivity index (χ2n) is 10.1. The fourth-order valence-electron chi connectivity index (χ4n) is 4.45. The minimum atomic E-state index is -0.502. The van der Waals surface area contributed by atoms with E-state index in [0.29, 0.717) is 45.3 Å². The summed E-state index contributed by atoms with van der Waals surface area (Å²) in [6.45, 7) is 10.7. The molecule has 192 valence electrons. The number of halogens is 1. The van der Waals surface area contributed by atoms with Gasteiger partial charge in [-0.05, 0) is 79.4 Å². The van der Waals surface area contributed by atoms with Gasteiger partial charge >= 0.3 is 0 Å². The highest BCUT2D eigenvalue weighted by Gasteiger charge is 2.27. The van der Waals surface area contributed by atoms with Gasteiger partial charge in [-0.25, -0.2) is 4.98 Å². The fraction of sp³-hybridized carbons (Fsp3) is 0.300. The number of ether oxygens (including phenoxy) is 1. The molecule has 0 aliphatic carbocycles. The van der Waals surface area contributed by atoms with Crippen LogP contribution in [0.3, 0.4) is 0 Å². The summed E-state index contributed by atoms with van der Waals surface area (Å²) in [4.78, 5) is 34.0. The van der Waals surface area contributed by atoms with E-state index in [0.717, 1.165) is 5.56 Å². The predicted molar refractivity (Wildman–Crippen MR) is 149 cm³/mol.